The number of thiophene rings is 1. The highest BCUT2D eigenvalue weighted by atomic mass is 35.5. The van der Waals surface area contributed by atoms with Crippen molar-refractivity contribution in [2.75, 3.05) is 0 Å². The van der Waals surface area contributed by atoms with Gasteiger partial charge in [-0.05, 0) is 35.2 Å². The largest absolute Gasteiger partial charge is 0.246 e. The van der Waals surface area contributed by atoms with E-state index in [0.29, 0.717) is 10.8 Å². The Kier molecular flexibility index (Phi) is 4.26. The third-order valence-corrected chi connectivity index (χ3v) is 5.80. The Labute approximate surface area is 151 Å². The van der Waals surface area contributed by atoms with Gasteiger partial charge in [0.2, 0.25) is 0 Å². The highest BCUT2D eigenvalue weighted by Crippen LogP contribution is 2.31. The van der Waals surface area contributed by atoms with Crippen LogP contribution in [0.1, 0.15) is 5.56 Å². The lowest BCUT2D eigenvalue weighted by atomic mass is 10.2. The summed E-state index contributed by atoms with van der Waals surface area (Å²) in [6.07, 6.45) is 3.56. The van der Waals surface area contributed by atoms with E-state index < -0.39 is 0 Å². The molecule has 0 radical (unpaired) electrons. The van der Waals surface area contributed by atoms with Crippen LogP contribution in [0.15, 0.2) is 59.2 Å². The zero-order valence-electron chi connectivity index (χ0n) is 12.3. The van der Waals surface area contributed by atoms with E-state index >= 15 is 0 Å². The van der Waals surface area contributed by atoms with Crippen LogP contribution in [0.4, 0.5) is 4.39 Å². The predicted octanol–water partition coefficient (Wildman–Crippen LogP) is 5.54. The summed E-state index contributed by atoms with van der Waals surface area (Å²) >= 11 is 9.31. The first-order valence-corrected chi connectivity index (χ1v) is 9.40. The fraction of sp³-hybridized carbons (Fsp3) is 0.0588. The van der Waals surface area contributed by atoms with Crippen LogP contribution in [0.2, 0.25) is 5.02 Å². The summed E-state index contributed by atoms with van der Waals surface area (Å²) in [6, 6.07) is 10.5. The first kappa shape index (κ1) is 15.6. The normalized spacial score (nSPS) is 11.2. The average Bonchev–Trinajstić information content (AvgIpc) is 3.23. The molecule has 120 valence electrons. The molecule has 0 atom stereocenters. The molecule has 0 saturated carbocycles. The van der Waals surface area contributed by atoms with Crippen LogP contribution < -0.4 is 0 Å². The van der Waals surface area contributed by atoms with E-state index in [2.05, 4.69) is 10.1 Å². The molecule has 0 spiro atoms. The summed E-state index contributed by atoms with van der Waals surface area (Å²) in [4.78, 5) is 5.57. The van der Waals surface area contributed by atoms with Crippen LogP contribution in [0, 0.1) is 5.82 Å². The van der Waals surface area contributed by atoms with E-state index in [1.807, 2.05) is 34.3 Å². The maximum atomic E-state index is 13.1. The molecule has 3 aromatic heterocycles. The van der Waals surface area contributed by atoms with E-state index in [4.69, 9.17) is 11.6 Å². The smallest absolute Gasteiger partial charge is 0.124 e. The summed E-state index contributed by atoms with van der Waals surface area (Å²) in [5.41, 5.74) is 2.76. The Balaban J connectivity index is 1.64. The van der Waals surface area contributed by atoms with Crippen LogP contribution in [-0.2, 0) is 5.75 Å². The molecule has 0 saturated heterocycles. The van der Waals surface area contributed by atoms with Gasteiger partial charge in [-0.3, -0.25) is 0 Å². The third kappa shape index (κ3) is 3.05. The molecule has 7 heteroatoms. The zero-order chi connectivity index (χ0) is 16.5. The number of thioether (sulfide) groups is 1. The molecule has 0 fully saturated rings. The van der Waals surface area contributed by atoms with Crippen molar-refractivity contribution in [1.82, 2.24) is 14.6 Å². The summed E-state index contributed by atoms with van der Waals surface area (Å²) < 4.78 is 15.0. The van der Waals surface area contributed by atoms with E-state index in [1.54, 1.807) is 35.4 Å². The van der Waals surface area contributed by atoms with E-state index in [9.17, 15) is 4.39 Å². The first-order valence-electron chi connectivity index (χ1n) is 7.16. The Hall–Kier alpha value is -1.89. The lowest BCUT2D eigenvalue weighted by Crippen LogP contribution is -1.92. The molecule has 4 aromatic rings. The lowest BCUT2D eigenvalue weighted by molar-refractivity contribution is 0.627. The SMILES string of the molecule is Fc1ccc(CSc2nccn3nc(-c4cccs4)cc23)c(Cl)c1. The van der Waals surface area contributed by atoms with Crippen molar-refractivity contribution in [1.29, 1.82) is 0 Å². The van der Waals surface area contributed by atoms with Gasteiger partial charge in [-0.1, -0.05) is 35.5 Å². The number of aromatic nitrogens is 3. The Morgan fingerprint density at radius 2 is 2.17 bits per heavy atom. The number of hydrogen-bond donors (Lipinski definition) is 0. The lowest BCUT2D eigenvalue weighted by Gasteiger charge is -2.05. The Morgan fingerprint density at radius 3 is 2.96 bits per heavy atom. The van der Waals surface area contributed by atoms with Crippen molar-refractivity contribution in [2.45, 2.75) is 10.8 Å². The molecule has 0 aliphatic carbocycles. The highest BCUT2D eigenvalue weighted by molar-refractivity contribution is 7.98. The van der Waals surface area contributed by atoms with Crippen LogP contribution in [0.3, 0.4) is 0 Å². The van der Waals surface area contributed by atoms with Gasteiger partial charge in [-0.25, -0.2) is 13.9 Å². The maximum Gasteiger partial charge on any atom is 0.124 e. The van der Waals surface area contributed by atoms with Crippen LogP contribution in [0.25, 0.3) is 16.1 Å². The van der Waals surface area contributed by atoms with Crippen molar-refractivity contribution >= 4 is 40.2 Å². The van der Waals surface area contributed by atoms with Crippen LogP contribution in [-0.4, -0.2) is 14.6 Å². The standard InChI is InChI=1S/C17H11ClFN3S2/c18-13-8-12(19)4-3-11(13)10-24-17-15-9-14(16-2-1-7-23-16)21-22(15)6-5-20-17/h1-9H,10H2. The molecule has 0 aliphatic heterocycles. The fourth-order valence-electron chi connectivity index (χ4n) is 2.34. The highest BCUT2D eigenvalue weighted by Gasteiger charge is 2.11. The second-order valence-corrected chi connectivity index (χ2v) is 7.41. The van der Waals surface area contributed by atoms with Gasteiger partial charge in [-0.15, -0.1) is 11.3 Å². The number of rotatable bonds is 4. The first-order chi connectivity index (χ1) is 11.7. The molecule has 0 N–H and O–H groups in total. The molecule has 0 amide bonds. The predicted molar refractivity (Wildman–Crippen MR) is 97.3 cm³/mol. The number of halogens is 2. The monoisotopic (exact) mass is 375 g/mol. The zero-order valence-corrected chi connectivity index (χ0v) is 14.7. The van der Waals surface area contributed by atoms with Crippen molar-refractivity contribution in [2.24, 2.45) is 0 Å². The molecule has 1 aromatic carbocycles. The van der Waals surface area contributed by atoms with Gasteiger partial charge < -0.3 is 0 Å². The molecule has 4 rings (SSSR count). The maximum absolute atomic E-state index is 13.1. The molecule has 24 heavy (non-hydrogen) atoms. The third-order valence-electron chi connectivity index (χ3n) is 3.51. The summed E-state index contributed by atoms with van der Waals surface area (Å²) in [7, 11) is 0. The number of benzene rings is 1. The summed E-state index contributed by atoms with van der Waals surface area (Å²) in [5.74, 6) is 0.288. The molecular formula is C17H11ClFN3S2. The van der Waals surface area contributed by atoms with Crippen LogP contribution >= 0.6 is 34.7 Å². The quantitative estimate of drug-likeness (QED) is 0.438. The number of hydrogen-bond acceptors (Lipinski definition) is 4. The van der Waals surface area contributed by atoms with Gasteiger partial charge in [0.15, 0.2) is 0 Å². The second kappa shape index (κ2) is 6.55. The van der Waals surface area contributed by atoms with Crippen molar-refractivity contribution < 1.29 is 4.39 Å². The van der Waals surface area contributed by atoms with Gasteiger partial charge in [0, 0.05) is 23.2 Å². The summed E-state index contributed by atoms with van der Waals surface area (Å²) in [6.45, 7) is 0. The molecule has 3 nitrogen and oxygen atoms in total. The van der Waals surface area contributed by atoms with Gasteiger partial charge in [0.25, 0.3) is 0 Å². The van der Waals surface area contributed by atoms with E-state index in [0.717, 1.165) is 26.7 Å². The molecular weight excluding hydrogens is 365 g/mol. The van der Waals surface area contributed by atoms with E-state index in [-0.39, 0.29) is 5.82 Å². The number of fused-ring (bicyclic) bond motifs is 1. The van der Waals surface area contributed by atoms with Crippen LogP contribution in [0.5, 0.6) is 0 Å². The minimum absolute atomic E-state index is 0.328. The molecule has 0 aliphatic rings. The topological polar surface area (TPSA) is 30.2 Å². The minimum Gasteiger partial charge on any atom is -0.246 e. The van der Waals surface area contributed by atoms with Gasteiger partial charge >= 0.3 is 0 Å². The molecule has 0 bridgehead atoms. The van der Waals surface area contributed by atoms with Gasteiger partial charge in [0.05, 0.1) is 10.4 Å². The second-order valence-electron chi connectivity index (χ2n) is 5.09. The minimum atomic E-state index is -0.328. The molecule has 0 unspecified atom stereocenters. The van der Waals surface area contributed by atoms with E-state index in [1.165, 1.54) is 12.1 Å². The number of nitrogens with zero attached hydrogens (tertiary/aromatic N) is 3. The van der Waals surface area contributed by atoms with Crippen molar-refractivity contribution in [3.8, 4) is 10.6 Å². The fourth-order valence-corrected chi connectivity index (χ4v) is 4.31. The van der Waals surface area contributed by atoms with Crippen molar-refractivity contribution in [3.63, 3.8) is 0 Å². The summed E-state index contributed by atoms with van der Waals surface area (Å²) in [5, 5.41) is 7.93. The Bertz CT molecular complexity index is 998. The Morgan fingerprint density at radius 1 is 1.25 bits per heavy atom. The van der Waals surface area contributed by atoms with Gasteiger partial charge in [-0.2, -0.15) is 5.10 Å². The molecule has 3 heterocycles. The average molecular weight is 376 g/mol. The van der Waals surface area contributed by atoms with Crippen molar-refractivity contribution in [3.05, 3.63) is 70.6 Å². The van der Waals surface area contributed by atoms with Gasteiger partial charge in [0.1, 0.15) is 16.5 Å².